The first-order chi connectivity index (χ1) is 16.9. The Morgan fingerprint density at radius 2 is 1.94 bits per heavy atom. The second-order valence-corrected chi connectivity index (χ2v) is 8.58. The number of carbonyl (C=O) groups is 1. The Morgan fingerprint density at radius 3 is 2.74 bits per heavy atom. The first kappa shape index (κ1) is 22.8. The van der Waals surface area contributed by atoms with Crippen molar-refractivity contribution in [2.75, 3.05) is 18.4 Å². The number of piperidine rings is 1. The number of fused-ring (bicyclic) bond motifs is 1. The van der Waals surface area contributed by atoms with Gasteiger partial charge in [-0.05, 0) is 43.0 Å². The van der Waals surface area contributed by atoms with Gasteiger partial charge in [0.15, 0.2) is 11.4 Å². The molecule has 10 heteroatoms. The molecule has 0 spiro atoms. The molecule has 1 fully saturated rings. The van der Waals surface area contributed by atoms with Gasteiger partial charge < -0.3 is 14.6 Å². The van der Waals surface area contributed by atoms with Crippen molar-refractivity contribution in [2.45, 2.75) is 25.8 Å². The van der Waals surface area contributed by atoms with Gasteiger partial charge in [-0.15, -0.1) is 0 Å². The van der Waals surface area contributed by atoms with E-state index in [9.17, 15) is 18.0 Å². The summed E-state index contributed by atoms with van der Waals surface area (Å²) in [5, 5.41) is 3.09. The number of halogens is 3. The van der Waals surface area contributed by atoms with Crippen molar-refractivity contribution in [1.82, 2.24) is 19.9 Å². The van der Waals surface area contributed by atoms with Gasteiger partial charge in [0.25, 0.3) is 11.9 Å². The van der Waals surface area contributed by atoms with Crippen molar-refractivity contribution < 1.29 is 22.4 Å². The third-order valence-electron chi connectivity index (χ3n) is 6.26. The number of rotatable bonds is 5. The van der Waals surface area contributed by atoms with E-state index in [-0.39, 0.29) is 41.5 Å². The Bertz CT molecular complexity index is 1380. The Hall–Kier alpha value is -3.95. The summed E-state index contributed by atoms with van der Waals surface area (Å²) in [6, 6.07) is 7.26. The molecule has 1 N–H and O–H groups in total. The molecule has 0 saturated carbocycles. The summed E-state index contributed by atoms with van der Waals surface area (Å²) < 4.78 is 48.2. The highest BCUT2D eigenvalue weighted by Crippen LogP contribution is 2.31. The zero-order valence-electron chi connectivity index (χ0n) is 18.8. The predicted octanol–water partition coefficient (Wildman–Crippen LogP) is 5.05. The molecule has 7 nitrogen and oxygen atoms in total. The Morgan fingerprint density at radius 1 is 1.14 bits per heavy atom. The van der Waals surface area contributed by atoms with Crippen LogP contribution in [0.1, 0.15) is 30.1 Å². The minimum absolute atomic E-state index is 0.00629. The van der Waals surface area contributed by atoms with Gasteiger partial charge in [-0.3, -0.25) is 4.79 Å². The molecule has 2 aromatic carbocycles. The first-order valence-electron chi connectivity index (χ1n) is 11.3. The van der Waals surface area contributed by atoms with Crippen LogP contribution in [0.25, 0.3) is 22.5 Å². The van der Waals surface area contributed by atoms with E-state index in [4.69, 9.17) is 4.42 Å². The van der Waals surface area contributed by atoms with E-state index in [1.165, 1.54) is 30.6 Å². The highest BCUT2D eigenvalue weighted by Gasteiger charge is 2.34. The number of oxazole rings is 1. The fourth-order valence-corrected chi connectivity index (χ4v) is 4.53. The molecule has 35 heavy (non-hydrogen) atoms. The van der Waals surface area contributed by atoms with Gasteiger partial charge in [0.1, 0.15) is 23.0 Å². The number of likely N-dealkylation sites (tertiary alicyclic amines) is 1. The van der Waals surface area contributed by atoms with Crippen LogP contribution in [-0.4, -0.2) is 44.9 Å². The van der Waals surface area contributed by atoms with Crippen LogP contribution in [0.3, 0.4) is 0 Å². The van der Waals surface area contributed by atoms with E-state index >= 15 is 0 Å². The number of carbonyl (C=O) groups excluding carboxylic acids is 1. The van der Waals surface area contributed by atoms with Crippen LogP contribution in [0.4, 0.5) is 19.2 Å². The van der Waals surface area contributed by atoms with Crippen molar-refractivity contribution in [1.29, 1.82) is 0 Å². The largest absolute Gasteiger partial charge is 0.424 e. The fourth-order valence-electron chi connectivity index (χ4n) is 4.53. The molecule has 2 aromatic heterocycles. The van der Waals surface area contributed by atoms with E-state index < -0.39 is 23.4 Å². The zero-order valence-corrected chi connectivity index (χ0v) is 18.8. The zero-order chi connectivity index (χ0) is 24.5. The lowest BCUT2D eigenvalue weighted by molar-refractivity contribution is 0.0539. The van der Waals surface area contributed by atoms with E-state index in [2.05, 4.69) is 20.3 Å². The lowest BCUT2D eigenvalue weighted by Gasteiger charge is -2.40. The lowest BCUT2D eigenvalue weighted by atomic mass is 9.89. The third kappa shape index (κ3) is 4.55. The van der Waals surface area contributed by atoms with Crippen LogP contribution in [0.2, 0.25) is 0 Å². The van der Waals surface area contributed by atoms with E-state index in [0.717, 1.165) is 25.0 Å². The molecule has 1 saturated heterocycles. The van der Waals surface area contributed by atoms with Gasteiger partial charge in [-0.25, -0.2) is 23.1 Å². The predicted molar refractivity (Wildman–Crippen MR) is 123 cm³/mol. The molecule has 180 valence electrons. The monoisotopic (exact) mass is 481 g/mol. The van der Waals surface area contributed by atoms with Gasteiger partial charge in [0.2, 0.25) is 0 Å². The minimum Gasteiger partial charge on any atom is -0.424 e. The molecular weight excluding hydrogens is 459 g/mol. The Balaban J connectivity index is 1.44. The molecule has 0 radical (unpaired) electrons. The topological polar surface area (TPSA) is 84.2 Å². The number of hydrogen-bond acceptors (Lipinski definition) is 6. The first-order valence-corrected chi connectivity index (χ1v) is 11.3. The molecule has 1 aliphatic heterocycles. The maximum absolute atomic E-state index is 14.8. The van der Waals surface area contributed by atoms with Gasteiger partial charge in [-0.1, -0.05) is 6.92 Å². The van der Waals surface area contributed by atoms with Crippen LogP contribution in [-0.2, 0) is 0 Å². The fraction of sp³-hybridized carbons (Fsp3) is 0.280. The van der Waals surface area contributed by atoms with Crippen molar-refractivity contribution in [2.24, 2.45) is 5.92 Å². The Kier molecular flexibility index (Phi) is 6.10. The molecule has 1 aliphatic rings. The number of aromatic nitrogens is 3. The van der Waals surface area contributed by atoms with Crippen LogP contribution in [0.15, 0.2) is 53.2 Å². The SMILES string of the molecule is CC1CCCN(C(=O)c2cc(F)cc(F)c2-c2ncccn2)C1CNc1nc2cc(F)ccc2o1. The van der Waals surface area contributed by atoms with Gasteiger partial charge in [0.05, 0.1) is 17.2 Å². The van der Waals surface area contributed by atoms with Crippen molar-refractivity contribution in [3.8, 4) is 11.4 Å². The number of anilines is 1. The molecule has 1 amide bonds. The van der Waals surface area contributed by atoms with E-state index in [1.807, 2.05) is 6.92 Å². The summed E-state index contributed by atoms with van der Waals surface area (Å²) in [6.07, 6.45) is 4.49. The van der Waals surface area contributed by atoms with Gasteiger partial charge in [-0.2, -0.15) is 4.98 Å². The summed E-state index contributed by atoms with van der Waals surface area (Å²) in [5.41, 5.74) is 0.536. The molecule has 0 bridgehead atoms. The quantitative estimate of drug-likeness (QED) is 0.429. The smallest absolute Gasteiger partial charge is 0.295 e. The summed E-state index contributed by atoms with van der Waals surface area (Å²) in [5.74, 6) is -2.59. The molecule has 0 aliphatic carbocycles. The standard InChI is InChI=1S/C25H22F3N5O2/c1-14-4-2-9-33(20(14)13-31-25-32-19-12-15(26)5-6-21(19)35-25)24(34)17-10-16(27)11-18(28)22(17)23-29-7-3-8-30-23/h3,5-8,10-12,14,20H,2,4,9,13H2,1H3,(H,31,32). The van der Waals surface area contributed by atoms with Gasteiger partial charge in [0, 0.05) is 37.6 Å². The van der Waals surface area contributed by atoms with Crippen molar-refractivity contribution in [3.63, 3.8) is 0 Å². The molecule has 5 rings (SSSR count). The minimum atomic E-state index is -0.905. The maximum Gasteiger partial charge on any atom is 0.295 e. The molecule has 2 unspecified atom stereocenters. The number of nitrogens with one attached hydrogen (secondary N) is 1. The number of hydrogen-bond donors (Lipinski definition) is 1. The summed E-state index contributed by atoms with van der Waals surface area (Å²) >= 11 is 0. The second kappa shape index (κ2) is 9.36. The van der Waals surface area contributed by atoms with Gasteiger partial charge >= 0.3 is 0 Å². The maximum atomic E-state index is 14.8. The average molecular weight is 481 g/mol. The summed E-state index contributed by atoms with van der Waals surface area (Å²) in [4.78, 5) is 27.7. The van der Waals surface area contributed by atoms with Crippen LogP contribution >= 0.6 is 0 Å². The van der Waals surface area contributed by atoms with Crippen LogP contribution < -0.4 is 5.32 Å². The number of benzene rings is 2. The lowest BCUT2D eigenvalue weighted by Crippen LogP contribution is -2.51. The molecule has 2 atom stereocenters. The molecule has 3 heterocycles. The highest BCUT2D eigenvalue weighted by atomic mass is 19.1. The Labute approximate surface area is 199 Å². The summed E-state index contributed by atoms with van der Waals surface area (Å²) in [6.45, 7) is 2.72. The van der Waals surface area contributed by atoms with Crippen LogP contribution in [0.5, 0.6) is 0 Å². The van der Waals surface area contributed by atoms with E-state index in [1.54, 1.807) is 11.0 Å². The normalized spacial score (nSPS) is 18.1. The highest BCUT2D eigenvalue weighted by molar-refractivity contribution is 6.00. The molecule has 4 aromatic rings. The van der Waals surface area contributed by atoms with Crippen LogP contribution in [0, 0.1) is 23.4 Å². The second-order valence-electron chi connectivity index (χ2n) is 8.58. The average Bonchev–Trinajstić information content (AvgIpc) is 3.24. The summed E-state index contributed by atoms with van der Waals surface area (Å²) in [7, 11) is 0. The molecular formula is C25H22F3N5O2. The number of amides is 1. The van der Waals surface area contributed by atoms with Crippen molar-refractivity contribution >= 4 is 23.0 Å². The number of nitrogens with zero attached hydrogens (tertiary/aromatic N) is 4. The van der Waals surface area contributed by atoms with Crippen molar-refractivity contribution in [3.05, 3.63) is 71.8 Å². The van der Waals surface area contributed by atoms with E-state index in [0.29, 0.717) is 17.6 Å². The third-order valence-corrected chi connectivity index (χ3v) is 6.26.